The van der Waals surface area contributed by atoms with Crippen molar-refractivity contribution < 1.29 is 0 Å². The van der Waals surface area contributed by atoms with E-state index in [2.05, 4.69) is 9.40 Å². The van der Waals surface area contributed by atoms with Crippen molar-refractivity contribution in [1.82, 2.24) is 14.1 Å². The number of hydrogen-bond donors (Lipinski definition) is 1. The van der Waals surface area contributed by atoms with E-state index in [0.717, 1.165) is 36.5 Å². The Labute approximate surface area is 110 Å². The van der Waals surface area contributed by atoms with Crippen molar-refractivity contribution in [3.05, 3.63) is 51.9 Å². The van der Waals surface area contributed by atoms with Gasteiger partial charge in [-0.2, -0.15) is 0 Å². The molecular weight excluding hydrogens is 246 g/mol. The average molecular weight is 261 g/mol. The van der Waals surface area contributed by atoms with Crippen LogP contribution < -0.4 is 5.56 Å². The molecule has 1 aliphatic heterocycles. The van der Waals surface area contributed by atoms with Crippen molar-refractivity contribution >= 4 is 11.9 Å². The Hall–Kier alpha value is -1.46. The van der Waals surface area contributed by atoms with Crippen LogP contribution in [-0.2, 0) is 13.0 Å². The van der Waals surface area contributed by atoms with Gasteiger partial charge in [-0.15, -0.1) is 0 Å². The van der Waals surface area contributed by atoms with Crippen molar-refractivity contribution in [1.29, 1.82) is 0 Å². The fourth-order valence-electron chi connectivity index (χ4n) is 2.29. The molecule has 0 unspecified atom stereocenters. The molecule has 0 saturated carbocycles. The molecule has 5 heteroatoms. The minimum absolute atomic E-state index is 0.0787. The van der Waals surface area contributed by atoms with Gasteiger partial charge in [0.2, 0.25) is 0 Å². The van der Waals surface area contributed by atoms with Gasteiger partial charge in [0, 0.05) is 25.2 Å². The summed E-state index contributed by atoms with van der Waals surface area (Å²) < 4.78 is 3.86. The molecule has 1 N–H and O–H groups in total. The SMILES string of the molecule is CSN1CCc2[nH]n(-c3ccccc3)c(=O)c2C1. The van der Waals surface area contributed by atoms with E-state index in [-0.39, 0.29) is 5.56 Å². The number of aromatic nitrogens is 2. The second kappa shape index (κ2) is 4.66. The van der Waals surface area contributed by atoms with Crippen molar-refractivity contribution in [2.24, 2.45) is 0 Å². The Morgan fingerprint density at radius 2 is 2.06 bits per heavy atom. The minimum atomic E-state index is 0.0787. The standard InChI is InChI=1S/C13H15N3OS/c1-18-15-8-7-12-11(9-15)13(17)16(14-12)10-5-3-2-4-6-10/h2-6,14H,7-9H2,1H3. The third-order valence-corrected chi connectivity index (χ3v) is 4.12. The smallest absolute Gasteiger partial charge is 0.276 e. The first-order valence-corrected chi connectivity index (χ1v) is 7.15. The highest BCUT2D eigenvalue weighted by molar-refractivity contribution is 7.96. The van der Waals surface area contributed by atoms with Crippen molar-refractivity contribution in [2.75, 3.05) is 12.8 Å². The lowest BCUT2D eigenvalue weighted by Crippen LogP contribution is -2.27. The first-order valence-electron chi connectivity index (χ1n) is 5.97. The van der Waals surface area contributed by atoms with E-state index >= 15 is 0 Å². The highest BCUT2D eigenvalue weighted by atomic mass is 32.2. The Kier molecular flexibility index (Phi) is 3.01. The maximum Gasteiger partial charge on any atom is 0.276 e. The molecule has 18 heavy (non-hydrogen) atoms. The second-order valence-electron chi connectivity index (χ2n) is 4.34. The zero-order chi connectivity index (χ0) is 12.5. The molecule has 1 aliphatic rings. The van der Waals surface area contributed by atoms with Gasteiger partial charge in [-0.3, -0.25) is 9.89 Å². The molecule has 0 spiro atoms. The first-order chi connectivity index (χ1) is 8.79. The summed E-state index contributed by atoms with van der Waals surface area (Å²) >= 11 is 1.69. The number of benzene rings is 1. The van der Waals surface area contributed by atoms with Gasteiger partial charge in [-0.25, -0.2) is 8.99 Å². The zero-order valence-electron chi connectivity index (χ0n) is 10.2. The van der Waals surface area contributed by atoms with Crippen LogP contribution in [0.25, 0.3) is 5.69 Å². The Balaban J connectivity index is 2.05. The largest absolute Gasteiger partial charge is 0.295 e. The van der Waals surface area contributed by atoms with Gasteiger partial charge < -0.3 is 0 Å². The van der Waals surface area contributed by atoms with Gasteiger partial charge in [0.05, 0.1) is 11.3 Å². The van der Waals surface area contributed by atoms with Gasteiger partial charge in [0.25, 0.3) is 5.56 Å². The van der Waals surface area contributed by atoms with E-state index in [9.17, 15) is 4.79 Å². The van der Waals surface area contributed by atoms with E-state index < -0.39 is 0 Å². The fraction of sp³-hybridized carbons (Fsp3) is 0.308. The van der Waals surface area contributed by atoms with Gasteiger partial charge in [0.1, 0.15) is 0 Å². The van der Waals surface area contributed by atoms with Gasteiger partial charge in [-0.05, 0) is 18.4 Å². The highest BCUT2D eigenvalue weighted by Gasteiger charge is 2.22. The number of rotatable bonds is 2. The maximum absolute atomic E-state index is 12.4. The predicted octanol–water partition coefficient (Wildman–Crippen LogP) is 1.80. The van der Waals surface area contributed by atoms with Crippen LogP contribution in [0.1, 0.15) is 11.3 Å². The summed E-state index contributed by atoms with van der Waals surface area (Å²) in [4.78, 5) is 12.4. The molecule has 3 rings (SSSR count). The van der Waals surface area contributed by atoms with Crippen LogP contribution in [0.4, 0.5) is 0 Å². The van der Waals surface area contributed by atoms with E-state index in [1.54, 1.807) is 16.6 Å². The molecule has 0 atom stereocenters. The van der Waals surface area contributed by atoms with Crippen molar-refractivity contribution in [3.8, 4) is 5.69 Å². The number of nitrogens with one attached hydrogen (secondary N) is 1. The third kappa shape index (κ3) is 1.89. The van der Waals surface area contributed by atoms with Crippen LogP contribution in [0.5, 0.6) is 0 Å². The minimum Gasteiger partial charge on any atom is -0.295 e. The lowest BCUT2D eigenvalue weighted by Gasteiger charge is -2.22. The van der Waals surface area contributed by atoms with Crippen LogP contribution in [0.3, 0.4) is 0 Å². The zero-order valence-corrected chi connectivity index (χ0v) is 11.0. The van der Waals surface area contributed by atoms with E-state index in [1.165, 1.54) is 0 Å². The number of H-pyrrole nitrogens is 1. The van der Waals surface area contributed by atoms with E-state index in [0.29, 0.717) is 0 Å². The molecule has 2 aromatic rings. The summed E-state index contributed by atoms with van der Waals surface area (Å²) in [5.74, 6) is 0. The topological polar surface area (TPSA) is 41.0 Å². The second-order valence-corrected chi connectivity index (χ2v) is 5.22. The van der Waals surface area contributed by atoms with E-state index in [1.807, 2.05) is 36.6 Å². The lowest BCUT2D eigenvalue weighted by molar-refractivity contribution is 0.442. The molecule has 0 saturated heterocycles. The predicted molar refractivity (Wildman–Crippen MR) is 74.0 cm³/mol. The third-order valence-electron chi connectivity index (χ3n) is 3.29. The molecule has 0 radical (unpaired) electrons. The summed E-state index contributed by atoms with van der Waals surface area (Å²) in [6, 6.07) is 9.71. The normalized spacial score (nSPS) is 15.6. The van der Waals surface area contributed by atoms with Gasteiger partial charge in [0.15, 0.2) is 0 Å². The molecule has 0 amide bonds. The van der Waals surface area contributed by atoms with Gasteiger partial charge in [-0.1, -0.05) is 30.1 Å². The molecule has 0 fully saturated rings. The molecule has 4 nitrogen and oxygen atoms in total. The highest BCUT2D eigenvalue weighted by Crippen LogP contribution is 2.19. The summed E-state index contributed by atoms with van der Waals surface area (Å²) in [7, 11) is 0. The van der Waals surface area contributed by atoms with E-state index in [4.69, 9.17) is 0 Å². The number of nitrogens with zero attached hydrogens (tertiary/aromatic N) is 2. The quantitative estimate of drug-likeness (QED) is 0.838. The number of hydrogen-bond acceptors (Lipinski definition) is 3. The molecule has 0 aliphatic carbocycles. The Bertz CT molecular complexity index is 602. The maximum atomic E-state index is 12.4. The van der Waals surface area contributed by atoms with Crippen molar-refractivity contribution in [2.45, 2.75) is 13.0 Å². The molecule has 0 bridgehead atoms. The van der Waals surface area contributed by atoms with Crippen LogP contribution in [-0.4, -0.2) is 26.9 Å². The molecule has 1 aromatic carbocycles. The van der Waals surface area contributed by atoms with Crippen LogP contribution >= 0.6 is 11.9 Å². The number of fused-ring (bicyclic) bond motifs is 1. The lowest BCUT2D eigenvalue weighted by atomic mass is 10.1. The first kappa shape index (κ1) is 11.6. The molecule has 1 aromatic heterocycles. The number of aromatic amines is 1. The Morgan fingerprint density at radius 1 is 1.28 bits per heavy atom. The van der Waals surface area contributed by atoms with Crippen molar-refractivity contribution in [3.63, 3.8) is 0 Å². The number of para-hydroxylation sites is 1. The average Bonchev–Trinajstić information content (AvgIpc) is 2.77. The molecule has 2 heterocycles. The summed E-state index contributed by atoms with van der Waals surface area (Å²) in [6.07, 6.45) is 2.96. The van der Waals surface area contributed by atoms with Crippen LogP contribution in [0.15, 0.2) is 35.1 Å². The molecule has 94 valence electrons. The monoisotopic (exact) mass is 261 g/mol. The van der Waals surface area contributed by atoms with Crippen LogP contribution in [0.2, 0.25) is 0 Å². The summed E-state index contributed by atoms with van der Waals surface area (Å²) in [5.41, 5.74) is 2.95. The Morgan fingerprint density at radius 3 is 2.78 bits per heavy atom. The summed E-state index contributed by atoms with van der Waals surface area (Å²) in [5, 5.41) is 3.23. The molecular formula is C13H15N3OS. The van der Waals surface area contributed by atoms with Gasteiger partial charge >= 0.3 is 0 Å². The summed E-state index contributed by atoms with van der Waals surface area (Å²) in [6.45, 7) is 1.72. The van der Waals surface area contributed by atoms with Crippen LogP contribution in [0, 0.1) is 0 Å². The fourth-order valence-corrected chi connectivity index (χ4v) is 2.83.